The number of esters is 1. The Morgan fingerprint density at radius 1 is 0.795 bits per heavy atom. The third-order valence-corrected chi connectivity index (χ3v) is 6.64. The van der Waals surface area contributed by atoms with Crippen LogP contribution in [0.4, 0.5) is 0 Å². The minimum absolute atomic E-state index is 0.127. The van der Waals surface area contributed by atoms with Gasteiger partial charge in [-0.2, -0.15) is 5.10 Å². The molecule has 0 unspecified atom stereocenters. The molecule has 0 atom stereocenters. The topological polar surface area (TPSA) is 86.2 Å². The average Bonchev–Trinajstić information content (AvgIpc) is 2.96. The molecule has 0 radical (unpaired) electrons. The molecule has 1 amide bonds. The van der Waals surface area contributed by atoms with Gasteiger partial charge in [-0.25, -0.2) is 10.2 Å². The SMILES string of the molecule is CCCCCCCCCCCC(=O)NN=Cc1c(OC(=O)c2ccc(OC)c(OC)c2)ccc2ccccc12. The van der Waals surface area contributed by atoms with Gasteiger partial charge < -0.3 is 14.2 Å². The summed E-state index contributed by atoms with van der Waals surface area (Å²) in [5, 5.41) is 6.00. The first-order valence-corrected chi connectivity index (χ1v) is 13.8. The number of carbonyl (C=O) groups is 2. The summed E-state index contributed by atoms with van der Waals surface area (Å²) in [5.41, 5.74) is 3.54. The summed E-state index contributed by atoms with van der Waals surface area (Å²) in [7, 11) is 3.04. The second kappa shape index (κ2) is 16.2. The van der Waals surface area contributed by atoms with Crippen LogP contribution in [0.5, 0.6) is 17.2 Å². The van der Waals surface area contributed by atoms with E-state index < -0.39 is 5.97 Å². The molecule has 0 aliphatic rings. The lowest BCUT2D eigenvalue weighted by Gasteiger charge is -2.12. The van der Waals surface area contributed by atoms with Crippen molar-refractivity contribution in [2.75, 3.05) is 14.2 Å². The van der Waals surface area contributed by atoms with Gasteiger partial charge in [0.2, 0.25) is 5.91 Å². The van der Waals surface area contributed by atoms with Crippen LogP contribution in [0.2, 0.25) is 0 Å². The van der Waals surface area contributed by atoms with Crippen molar-refractivity contribution in [1.82, 2.24) is 5.43 Å². The van der Waals surface area contributed by atoms with Crippen molar-refractivity contribution in [3.8, 4) is 17.2 Å². The second-order valence-corrected chi connectivity index (χ2v) is 9.53. The van der Waals surface area contributed by atoms with Crippen molar-refractivity contribution in [1.29, 1.82) is 0 Å². The first-order chi connectivity index (χ1) is 19.1. The summed E-state index contributed by atoms with van der Waals surface area (Å²) in [6.45, 7) is 2.23. The van der Waals surface area contributed by atoms with E-state index >= 15 is 0 Å². The fourth-order valence-corrected chi connectivity index (χ4v) is 4.44. The van der Waals surface area contributed by atoms with Gasteiger partial charge in [-0.15, -0.1) is 0 Å². The lowest BCUT2D eigenvalue weighted by Crippen LogP contribution is -2.17. The van der Waals surface area contributed by atoms with Crippen LogP contribution in [0.3, 0.4) is 0 Å². The maximum atomic E-state index is 13.0. The number of unbranched alkanes of at least 4 members (excludes halogenated alkanes) is 8. The van der Waals surface area contributed by atoms with Gasteiger partial charge in [0, 0.05) is 12.0 Å². The monoisotopic (exact) mass is 532 g/mol. The molecule has 0 aliphatic heterocycles. The zero-order valence-electron chi connectivity index (χ0n) is 23.3. The van der Waals surface area contributed by atoms with Gasteiger partial charge in [0.25, 0.3) is 0 Å². The van der Waals surface area contributed by atoms with Crippen molar-refractivity contribution in [3.63, 3.8) is 0 Å². The van der Waals surface area contributed by atoms with Crippen LogP contribution in [0.25, 0.3) is 10.8 Å². The van der Waals surface area contributed by atoms with Gasteiger partial charge in [-0.05, 0) is 41.5 Å². The fourth-order valence-electron chi connectivity index (χ4n) is 4.44. The van der Waals surface area contributed by atoms with Crippen molar-refractivity contribution < 1.29 is 23.8 Å². The molecule has 0 aromatic heterocycles. The van der Waals surface area contributed by atoms with Gasteiger partial charge >= 0.3 is 5.97 Å². The molecule has 0 aliphatic carbocycles. The highest BCUT2D eigenvalue weighted by molar-refractivity contribution is 6.04. The molecule has 39 heavy (non-hydrogen) atoms. The Hall–Kier alpha value is -3.87. The molecule has 7 nitrogen and oxygen atoms in total. The summed E-state index contributed by atoms with van der Waals surface area (Å²) < 4.78 is 16.3. The van der Waals surface area contributed by atoms with E-state index in [1.165, 1.54) is 59.0 Å². The number of rotatable bonds is 16. The average molecular weight is 533 g/mol. The predicted molar refractivity (Wildman–Crippen MR) is 156 cm³/mol. The highest BCUT2D eigenvalue weighted by atomic mass is 16.5. The Morgan fingerprint density at radius 3 is 2.18 bits per heavy atom. The van der Waals surface area contributed by atoms with E-state index in [9.17, 15) is 9.59 Å². The molecule has 0 fully saturated rings. The Balaban J connectivity index is 1.61. The number of fused-ring (bicyclic) bond motifs is 1. The number of nitrogens with zero attached hydrogens (tertiary/aromatic N) is 1. The van der Waals surface area contributed by atoms with E-state index in [1.807, 2.05) is 30.3 Å². The summed E-state index contributed by atoms with van der Waals surface area (Å²) in [6, 6.07) is 16.2. The molecule has 7 heteroatoms. The Bertz CT molecular complexity index is 1250. The second-order valence-electron chi connectivity index (χ2n) is 9.53. The van der Waals surface area contributed by atoms with Crippen LogP contribution in [-0.4, -0.2) is 32.3 Å². The lowest BCUT2D eigenvalue weighted by molar-refractivity contribution is -0.121. The molecule has 3 rings (SSSR count). The first-order valence-electron chi connectivity index (χ1n) is 13.8. The minimum atomic E-state index is -0.546. The summed E-state index contributed by atoms with van der Waals surface area (Å²) >= 11 is 0. The Morgan fingerprint density at radius 2 is 1.46 bits per heavy atom. The number of amides is 1. The number of hydrogen-bond acceptors (Lipinski definition) is 6. The van der Waals surface area contributed by atoms with Gasteiger partial charge in [0.1, 0.15) is 5.75 Å². The van der Waals surface area contributed by atoms with Crippen LogP contribution in [0.15, 0.2) is 59.7 Å². The van der Waals surface area contributed by atoms with E-state index in [-0.39, 0.29) is 5.91 Å². The number of hydrogen-bond donors (Lipinski definition) is 1. The molecule has 0 spiro atoms. The van der Waals surface area contributed by atoms with Crippen LogP contribution in [-0.2, 0) is 4.79 Å². The number of hydrazone groups is 1. The number of nitrogens with one attached hydrogen (secondary N) is 1. The summed E-state index contributed by atoms with van der Waals surface area (Å²) in [5.74, 6) is 0.617. The van der Waals surface area contributed by atoms with E-state index in [0.717, 1.165) is 30.0 Å². The molecular weight excluding hydrogens is 492 g/mol. The number of ether oxygens (including phenoxy) is 3. The smallest absolute Gasteiger partial charge is 0.343 e. The van der Waals surface area contributed by atoms with Crippen LogP contribution >= 0.6 is 0 Å². The quantitative estimate of drug-likeness (QED) is 0.0681. The zero-order chi connectivity index (χ0) is 27.9. The van der Waals surface area contributed by atoms with E-state index in [4.69, 9.17) is 14.2 Å². The third-order valence-electron chi connectivity index (χ3n) is 6.64. The molecule has 1 N–H and O–H groups in total. The van der Waals surface area contributed by atoms with E-state index in [1.54, 1.807) is 24.3 Å². The summed E-state index contributed by atoms with van der Waals surface area (Å²) in [4.78, 5) is 25.3. The number of carbonyl (C=O) groups excluding carboxylic acids is 2. The van der Waals surface area contributed by atoms with Crippen molar-refractivity contribution in [2.24, 2.45) is 5.10 Å². The standard InChI is InChI=1S/C32H40N2O5/c1-4-5-6-7-8-9-10-11-12-17-31(35)34-33-23-27-26-16-14-13-15-24(26)18-20-28(27)39-32(36)25-19-21-29(37-2)30(22-25)38-3/h13-16,18-23H,4-12,17H2,1-3H3,(H,34,35). The predicted octanol–water partition coefficient (Wildman–Crippen LogP) is 7.45. The van der Waals surface area contributed by atoms with Crippen LogP contribution in [0, 0.1) is 0 Å². The molecular formula is C32H40N2O5. The number of methoxy groups -OCH3 is 2. The lowest BCUT2D eigenvalue weighted by atomic mass is 10.0. The highest BCUT2D eigenvalue weighted by Crippen LogP contribution is 2.30. The van der Waals surface area contributed by atoms with E-state index in [0.29, 0.717) is 34.8 Å². The largest absolute Gasteiger partial charge is 0.493 e. The Labute approximate surface area is 231 Å². The summed E-state index contributed by atoms with van der Waals surface area (Å²) in [6.07, 6.45) is 12.8. The maximum Gasteiger partial charge on any atom is 0.343 e. The van der Waals surface area contributed by atoms with Crippen molar-refractivity contribution >= 4 is 28.9 Å². The molecule has 0 heterocycles. The normalized spacial score (nSPS) is 11.1. The van der Waals surface area contributed by atoms with Crippen LogP contribution < -0.4 is 19.6 Å². The highest BCUT2D eigenvalue weighted by Gasteiger charge is 2.16. The minimum Gasteiger partial charge on any atom is -0.493 e. The van der Waals surface area contributed by atoms with E-state index in [2.05, 4.69) is 17.5 Å². The van der Waals surface area contributed by atoms with Gasteiger partial charge in [0.15, 0.2) is 11.5 Å². The zero-order valence-corrected chi connectivity index (χ0v) is 23.3. The van der Waals surface area contributed by atoms with Crippen molar-refractivity contribution in [3.05, 3.63) is 65.7 Å². The van der Waals surface area contributed by atoms with Gasteiger partial charge in [0.05, 0.1) is 26.0 Å². The maximum absolute atomic E-state index is 13.0. The Kier molecular flexibility index (Phi) is 12.3. The molecule has 0 bridgehead atoms. The number of benzene rings is 3. The molecule has 3 aromatic rings. The van der Waals surface area contributed by atoms with Gasteiger partial charge in [-0.1, -0.05) is 88.6 Å². The first kappa shape index (κ1) is 29.7. The molecule has 0 saturated heterocycles. The molecule has 3 aromatic carbocycles. The van der Waals surface area contributed by atoms with Gasteiger partial charge in [-0.3, -0.25) is 4.79 Å². The van der Waals surface area contributed by atoms with Crippen LogP contribution in [0.1, 0.15) is 87.1 Å². The molecule has 0 saturated carbocycles. The fraction of sp³-hybridized carbons (Fsp3) is 0.406. The van der Waals surface area contributed by atoms with Crippen molar-refractivity contribution in [2.45, 2.75) is 71.1 Å². The molecule has 208 valence electrons. The third kappa shape index (κ3) is 9.13.